The lowest BCUT2D eigenvalue weighted by Gasteiger charge is -2.59. The van der Waals surface area contributed by atoms with Crippen molar-refractivity contribution >= 4 is 29.3 Å². The second kappa shape index (κ2) is 7.78. The minimum atomic E-state index is -0.878. The molecule has 0 radical (unpaired) electrons. The van der Waals surface area contributed by atoms with Crippen LogP contribution in [0.4, 0.5) is 0 Å². The Morgan fingerprint density at radius 3 is 2.55 bits per heavy atom. The molecule has 1 amide bonds. The number of nitrogens with zero attached hydrogens (tertiary/aromatic N) is 2. The number of para-hydroxylation sites is 2. The van der Waals surface area contributed by atoms with Gasteiger partial charge in [0, 0.05) is 37.6 Å². The number of piperidine rings is 1. The van der Waals surface area contributed by atoms with Gasteiger partial charge in [0.2, 0.25) is 5.91 Å². The van der Waals surface area contributed by atoms with Crippen molar-refractivity contribution in [2.75, 3.05) is 19.7 Å². The van der Waals surface area contributed by atoms with E-state index < -0.39 is 5.54 Å². The number of nitrogens with two attached hydrogens (primary N) is 1. The van der Waals surface area contributed by atoms with Gasteiger partial charge in [-0.2, -0.15) is 0 Å². The molecule has 7 nitrogen and oxygen atoms in total. The van der Waals surface area contributed by atoms with E-state index in [2.05, 4.69) is 4.98 Å². The minimum absolute atomic E-state index is 0. The molecular formula is C21H31ClN4O3. The van der Waals surface area contributed by atoms with E-state index in [9.17, 15) is 9.59 Å². The maximum atomic E-state index is 13.2. The molecule has 2 aromatic rings. The van der Waals surface area contributed by atoms with Gasteiger partial charge in [-0.05, 0) is 31.9 Å². The molecule has 1 saturated heterocycles. The Morgan fingerprint density at radius 1 is 1.28 bits per heavy atom. The number of hydrogen-bond donors (Lipinski definition) is 2. The number of carbonyl (C=O) groups is 1. The number of ether oxygens (including phenoxy) is 1. The number of H-pyrrole nitrogens is 1. The van der Waals surface area contributed by atoms with Crippen LogP contribution in [-0.4, -0.2) is 51.7 Å². The molecule has 2 unspecified atom stereocenters. The van der Waals surface area contributed by atoms with E-state index >= 15 is 0 Å². The van der Waals surface area contributed by atoms with Gasteiger partial charge in [0.25, 0.3) is 0 Å². The summed E-state index contributed by atoms with van der Waals surface area (Å²) in [5.41, 5.74) is 7.00. The third-order valence-electron chi connectivity index (χ3n) is 6.95. The predicted molar refractivity (Wildman–Crippen MR) is 115 cm³/mol. The van der Waals surface area contributed by atoms with Crippen molar-refractivity contribution < 1.29 is 9.53 Å². The van der Waals surface area contributed by atoms with Gasteiger partial charge in [-0.1, -0.05) is 26.0 Å². The number of carbonyl (C=O) groups excluding carboxylic acids is 1. The summed E-state index contributed by atoms with van der Waals surface area (Å²) in [5.74, 6) is 0.0122. The summed E-state index contributed by atoms with van der Waals surface area (Å²) in [6.45, 7) is 7.86. The molecule has 0 bridgehead atoms. The number of hydrogen-bond acceptors (Lipinski definition) is 4. The molecule has 0 spiro atoms. The first-order valence-electron chi connectivity index (χ1n) is 10.2. The zero-order valence-corrected chi connectivity index (χ0v) is 18.1. The number of aromatic nitrogens is 2. The first-order chi connectivity index (χ1) is 13.3. The SMILES string of the molecule is CCOC1CC(N)(C(=O)N2CCC(n3c(=O)[nH]c4ccccc43)CC2)C1(C)C.Cl. The summed E-state index contributed by atoms with van der Waals surface area (Å²) in [4.78, 5) is 30.5. The van der Waals surface area contributed by atoms with Crippen LogP contribution in [0.2, 0.25) is 0 Å². The van der Waals surface area contributed by atoms with E-state index in [4.69, 9.17) is 10.5 Å². The second-order valence-electron chi connectivity index (χ2n) is 8.68. The molecular weight excluding hydrogens is 392 g/mol. The lowest BCUT2D eigenvalue weighted by molar-refractivity contribution is -0.180. The summed E-state index contributed by atoms with van der Waals surface area (Å²) in [7, 11) is 0. The van der Waals surface area contributed by atoms with Gasteiger partial charge in [0.1, 0.15) is 5.54 Å². The molecule has 4 rings (SSSR count). The quantitative estimate of drug-likeness (QED) is 0.791. The van der Waals surface area contributed by atoms with Gasteiger partial charge in [-0.3, -0.25) is 9.36 Å². The number of aromatic amines is 1. The van der Waals surface area contributed by atoms with Crippen LogP contribution in [0.15, 0.2) is 29.1 Å². The molecule has 1 saturated carbocycles. The summed E-state index contributed by atoms with van der Waals surface area (Å²) in [6.07, 6.45) is 2.08. The van der Waals surface area contributed by atoms with Crippen LogP contribution in [0.5, 0.6) is 0 Å². The van der Waals surface area contributed by atoms with Gasteiger partial charge in [-0.25, -0.2) is 4.79 Å². The molecule has 8 heteroatoms. The number of nitrogens with one attached hydrogen (secondary N) is 1. The van der Waals surface area contributed by atoms with Gasteiger partial charge >= 0.3 is 5.69 Å². The Morgan fingerprint density at radius 2 is 1.93 bits per heavy atom. The number of halogens is 1. The average molecular weight is 423 g/mol. The third kappa shape index (κ3) is 3.29. The number of rotatable bonds is 4. The van der Waals surface area contributed by atoms with E-state index in [0.717, 1.165) is 23.9 Å². The minimum Gasteiger partial charge on any atom is -0.378 e. The predicted octanol–water partition coefficient (Wildman–Crippen LogP) is 2.45. The molecule has 1 aromatic heterocycles. The van der Waals surface area contributed by atoms with Crippen molar-refractivity contribution in [3.05, 3.63) is 34.7 Å². The van der Waals surface area contributed by atoms with Crippen molar-refractivity contribution in [3.63, 3.8) is 0 Å². The van der Waals surface area contributed by atoms with Gasteiger partial charge in [0.05, 0.1) is 17.1 Å². The molecule has 3 N–H and O–H groups in total. The average Bonchev–Trinajstić information content (AvgIpc) is 3.03. The zero-order chi connectivity index (χ0) is 20.1. The van der Waals surface area contributed by atoms with E-state index in [0.29, 0.717) is 26.1 Å². The van der Waals surface area contributed by atoms with Crippen LogP contribution >= 0.6 is 12.4 Å². The third-order valence-corrected chi connectivity index (χ3v) is 6.95. The number of benzene rings is 1. The van der Waals surface area contributed by atoms with Gasteiger partial charge < -0.3 is 20.4 Å². The Balaban J connectivity index is 0.00000240. The van der Waals surface area contributed by atoms with Crippen LogP contribution in [0.25, 0.3) is 11.0 Å². The highest BCUT2D eigenvalue weighted by molar-refractivity contribution is 5.89. The van der Waals surface area contributed by atoms with Gasteiger partial charge in [0.15, 0.2) is 0 Å². The standard InChI is InChI=1S/C21H30N4O3.ClH/c1-4-28-17-13-21(22,20(17,2)3)18(26)24-11-9-14(10-12-24)25-16-8-6-5-7-15(16)23-19(25)27;/h5-8,14,17H,4,9-13,22H2,1-3H3,(H,23,27);1H. The summed E-state index contributed by atoms with van der Waals surface area (Å²) < 4.78 is 7.59. The van der Waals surface area contributed by atoms with Crippen LogP contribution in [-0.2, 0) is 9.53 Å². The molecule has 2 aliphatic rings. The molecule has 1 aromatic carbocycles. The molecule has 29 heavy (non-hydrogen) atoms. The number of amides is 1. The summed E-state index contributed by atoms with van der Waals surface area (Å²) in [6, 6.07) is 7.82. The van der Waals surface area contributed by atoms with Crippen LogP contribution in [0.3, 0.4) is 0 Å². The van der Waals surface area contributed by atoms with Crippen molar-refractivity contribution in [2.24, 2.45) is 11.1 Å². The molecule has 1 aliphatic carbocycles. The number of fused-ring (bicyclic) bond motifs is 1. The van der Waals surface area contributed by atoms with E-state index in [-0.39, 0.29) is 41.6 Å². The second-order valence-corrected chi connectivity index (χ2v) is 8.68. The lowest BCUT2D eigenvalue weighted by atomic mass is 9.54. The van der Waals surface area contributed by atoms with Crippen LogP contribution in [0.1, 0.15) is 46.1 Å². The number of imidazole rings is 1. The highest BCUT2D eigenvalue weighted by atomic mass is 35.5. The summed E-state index contributed by atoms with van der Waals surface area (Å²) >= 11 is 0. The highest BCUT2D eigenvalue weighted by Gasteiger charge is 2.63. The maximum absolute atomic E-state index is 13.2. The summed E-state index contributed by atoms with van der Waals surface area (Å²) in [5, 5.41) is 0. The monoisotopic (exact) mass is 422 g/mol. The fourth-order valence-corrected chi connectivity index (χ4v) is 4.84. The largest absolute Gasteiger partial charge is 0.378 e. The normalized spacial score (nSPS) is 26.8. The maximum Gasteiger partial charge on any atom is 0.326 e. The first-order valence-corrected chi connectivity index (χ1v) is 10.2. The van der Waals surface area contributed by atoms with Crippen molar-refractivity contribution in [1.82, 2.24) is 14.5 Å². The molecule has 2 heterocycles. The molecule has 2 atom stereocenters. The van der Waals surface area contributed by atoms with Crippen LogP contribution in [0, 0.1) is 5.41 Å². The van der Waals surface area contributed by atoms with E-state index in [1.807, 2.05) is 54.5 Å². The fourth-order valence-electron chi connectivity index (χ4n) is 4.84. The smallest absolute Gasteiger partial charge is 0.326 e. The van der Waals surface area contributed by atoms with Crippen molar-refractivity contribution in [3.8, 4) is 0 Å². The van der Waals surface area contributed by atoms with Crippen molar-refractivity contribution in [2.45, 2.75) is 57.7 Å². The van der Waals surface area contributed by atoms with E-state index in [1.54, 1.807) is 0 Å². The Kier molecular flexibility index (Phi) is 5.87. The number of likely N-dealkylation sites (tertiary alicyclic amines) is 1. The van der Waals surface area contributed by atoms with E-state index in [1.165, 1.54) is 0 Å². The van der Waals surface area contributed by atoms with Gasteiger partial charge in [-0.15, -0.1) is 12.4 Å². The van der Waals surface area contributed by atoms with Crippen molar-refractivity contribution in [1.29, 1.82) is 0 Å². The molecule has 1 aliphatic heterocycles. The Hall–Kier alpha value is -1.83. The first kappa shape index (κ1) is 21.9. The fraction of sp³-hybridized carbons (Fsp3) is 0.619. The zero-order valence-electron chi connectivity index (χ0n) is 17.3. The van der Waals surface area contributed by atoms with Crippen LogP contribution < -0.4 is 11.4 Å². The molecule has 160 valence electrons. The Labute approximate surface area is 177 Å². The topological polar surface area (TPSA) is 93.3 Å². The Bertz CT molecular complexity index is 945. The highest BCUT2D eigenvalue weighted by Crippen LogP contribution is 2.50. The molecule has 2 fully saturated rings. The lowest BCUT2D eigenvalue weighted by Crippen LogP contribution is -2.76.